The van der Waals surface area contributed by atoms with Crippen LogP contribution in [0.15, 0.2) is 0 Å². The minimum Gasteiger partial charge on any atom is -0.463 e. The van der Waals surface area contributed by atoms with E-state index in [1.165, 1.54) is 39.0 Å². The van der Waals surface area contributed by atoms with E-state index in [0.717, 1.165) is 31.1 Å². The number of esters is 2. The molecule has 7 heteroatoms. The lowest BCUT2D eigenvalue weighted by molar-refractivity contribution is -0.269. The zero-order chi connectivity index (χ0) is 26.5. The van der Waals surface area contributed by atoms with Gasteiger partial charge in [0.15, 0.2) is 0 Å². The summed E-state index contributed by atoms with van der Waals surface area (Å²) in [6.45, 7) is 13.0. The summed E-state index contributed by atoms with van der Waals surface area (Å²) in [6, 6.07) is 0. The van der Waals surface area contributed by atoms with E-state index in [2.05, 4.69) is 43.6 Å². The Bertz CT molecular complexity index is 972. The second-order valence-corrected chi connectivity index (χ2v) is 15.2. The summed E-state index contributed by atoms with van der Waals surface area (Å²) in [7, 11) is 0. The summed E-state index contributed by atoms with van der Waals surface area (Å²) in [5.74, 6) is 1.93. The lowest BCUT2D eigenvalue weighted by Crippen LogP contribution is -2.58. The SMILES string of the molecule is CC(=O)O[C@@H]1CC[C@@]2(C)[C@H](CC[C@@H]3[C@@H]2CC[C@]2(C)[C@@H]4[C@H](C[C@@H]32)O[C@@]2(OC[C@H](C)[C@@]2(Br)OC(C)=O)[C@H]4C)C1. The molecule has 4 aliphatic carbocycles. The number of fused-ring (bicyclic) bond motifs is 7. The van der Waals surface area contributed by atoms with Gasteiger partial charge in [-0.25, -0.2) is 0 Å². The molecule has 2 heterocycles. The van der Waals surface area contributed by atoms with E-state index in [1.807, 2.05) is 0 Å². The minimum absolute atomic E-state index is 0.00866. The molecule has 0 aromatic rings. The molecule has 0 bridgehead atoms. The Kier molecular flexibility index (Phi) is 6.22. The predicted molar refractivity (Wildman–Crippen MR) is 141 cm³/mol. The maximum atomic E-state index is 12.1. The number of hydrogen-bond acceptors (Lipinski definition) is 6. The first kappa shape index (κ1) is 26.6. The lowest BCUT2D eigenvalue weighted by atomic mass is 9.44. The quantitative estimate of drug-likeness (QED) is 0.284. The summed E-state index contributed by atoms with van der Waals surface area (Å²) >= 11 is 3.85. The van der Waals surface area contributed by atoms with Gasteiger partial charge < -0.3 is 18.9 Å². The third-order valence-electron chi connectivity index (χ3n) is 12.4. The summed E-state index contributed by atoms with van der Waals surface area (Å²) in [4.78, 5) is 23.7. The molecule has 0 radical (unpaired) electrons. The van der Waals surface area contributed by atoms with E-state index in [4.69, 9.17) is 18.9 Å². The minimum atomic E-state index is -0.954. The van der Waals surface area contributed by atoms with Crippen LogP contribution in [0.3, 0.4) is 0 Å². The van der Waals surface area contributed by atoms with Crippen molar-refractivity contribution < 1.29 is 28.5 Å². The Labute approximate surface area is 230 Å². The zero-order valence-corrected chi connectivity index (χ0v) is 25.0. The van der Waals surface area contributed by atoms with Gasteiger partial charge in [-0.1, -0.05) is 27.7 Å². The molecule has 6 nitrogen and oxygen atoms in total. The molecule has 0 amide bonds. The van der Waals surface area contributed by atoms with Crippen LogP contribution in [0.4, 0.5) is 0 Å². The van der Waals surface area contributed by atoms with Gasteiger partial charge in [0.1, 0.15) is 6.10 Å². The average molecular weight is 582 g/mol. The van der Waals surface area contributed by atoms with Crippen molar-refractivity contribution in [2.24, 2.45) is 52.3 Å². The molecular weight excluding hydrogens is 536 g/mol. The molecular formula is C30H45BrO6. The first-order chi connectivity index (χ1) is 17.4. The van der Waals surface area contributed by atoms with E-state index in [1.54, 1.807) is 6.92 Å². The van der Waals surface area contributed by atoms with E-state index in [-0.39, 0.29) is 41.4 Å². The summed E-state index contributed by atoms with van der Waals surface area (Å²) < 4.78 is 24.1. The molecule has 6 aliphatic rings. The van der Waals surface area contributed by atoms with Gasteiger partial charge in [0.05, 0.1) is 12.7 Å². The van der Waals surface area contributed by atoms with Crippen molar-refractivity contribution in [1.29, 1.82) is 0 Å². The van der Waals surface area contributed by atoms with Gasteiger partial charge in [0, 0.05) is 25.7 Å². The maximum absolute atomic E-state index is 12.1. The van der Waals surface area contributed by atoms with Gasteiger partial charge in [-0.2, -0.15) is 0 Å². The van der Waals surface area contributed by atoms with Gasteiger partial charge in [-0.15, -0.1) is 0 Å². The fourth-order valence-electron chi connectivity index (χ4n) is 10.9. The highest BCUT2D eigenvalue weighted by molar-refractivity contribution is 9.10. The summed E-state index contributed by atoms with van der Waals surface area (Å²) in [5.41, 5.74) is 0.544. The predicted octanol–water partition coefficient (Wildman–Crippen LogP) is 6.24. The van der Waals surface area contributed by atoms with Crippen LogP contribution in [-0.2, 0) is 28.5 Å². The Hall–Kier alpha value is -0.660. The molecule has 208 valence electrons. The molecule has 6 rings (SSSR count). The molecule has 6 fully saturated rings. The number of carbonyl (C=O) groups is 2. The number of carbonyl (C=O) groups excluding carboxylic acids is 2. The summed E-state index contributed by atoms with van der Waals surface area (Å²) in [6.07, 6.45) is 9.54. The van der Waals surface area contributed by atoms with Gasteiger partial charge >= 0.3 is 11.9 Å². The van der Waals surface area contributed by atoms with Crippen LogP contribution < -0.4 is 0 Å². The Morgan fingerprint density at radius 3 is 2.35 bits per heavy atom. The van der Waals surface area contributed by atoms with Crippen molar-refractivity contribution in [2.45, 2.75) is 115 Å². The van der Waals surface area contributed by atoms with E-state index < -0.39 is 10.3 Å². The van der Waals surface area contributed by atoms with Gasteiger partial charge in [0.25, 0.3) is 0 Å². The van der Waals surface area contributed by atoms with Gasteiger partial charge in [-0.05, 0) is 108 Å². The van der Waals surface area contributed by atoms with Crippen LogP contribution >= 0.6 is 15.9 Å². The average Bonchev–Trinajstić information content (AvgIpc) is 3.36. The molecule has 37 heavy (non-hydrogen) atoms. The number of rotatable bonds is 2. The first-order valence-corrected chi connectivity index (χ1v) is 15.5. The van der Waals surface area contributed by atoms with Crippen molar-refractivity contribution in [3.63, 3.8) is 0 Å². The van der Waals surface area contributed by atoms with Crippen molar-refractivity contribution in [1.82, 2.24) is 0 Å². The smallest absolute Gasteiger partial charge is 0.304 e. The van der Waals surface area contributed by atoms with Crippen LogP contribution in [0.2, 0.25) is 0 Å². The van der Waals surface area contributed by atoms with Crippen LogP contribution in [0, 0.1) is 52.3 Å². The second kappa shape index (κ2) is 8.67. The molecule has 2 aliphatic heterocycles. The van der Waals surface area contributed by atoms with Crippen molar-refractivity contribution >= 4 is 27.9 Å². The van der Waals surface area contributed by atoms with E-state index >= 15 is 0 Å². The number of alkyl halides is 1. The number of ether oxygens (including phenoxy) is 4. The van der Waals surface area contributed by atoms with Crippen molar-refractivity contribution in [3.8, 4) is 0 Å². The van der Waals surface area contributed by atoms with Gasteiger partial charge in [-0.3, -0.25) is 9.59 Å². The van der Waals surface area contributed by atoms with Crippen LogP contribution in [0.25, 0.3) is 0 Å². The third-order valence-corrected chi connectivity index (χ3v) is 13.9. The Balaban J connectivity index is 1.24. The molecule has 0 aromatic carbocycles. The standard InChI is InChI=1S/C30H45BrO6/c1-16-15-34-30(29(16,31)36-19(4)33)17(2)26-25(37-30)14-24-22-8-7-20-13-21(35-18(3)32)9-11-27(20,5)23(22)10-12-28(24,26)6/h16-17,20-26H,7-15H2,1-6H3/t16-,17-,20+,21+,22+,23-,24-,25-,26-,27-,28-,29+,30-/m0/s1. The second-order valence-electron chi connectivity index (χ2n) is 14.0. The molecule has 0 unspecified atom stereocenters. The molecule has 1 spiro atoms. The largest absolute Gasteiger partial charge is 0.463 e. The fraction of sp³-hybridized carbons (Fsp3) is 0.933. The number of halogens is 1. The van der Waals surface area contributed by atoms with E-state index in [0.29, 0.717) is 29.8 Å². The van der Waals surface area contributed by atoms with E-state index in [9.17, 15) is 9.59 Å². The molecule has 13 atom stereocenters. The molecule has 4 saturated carbocycles. The topological polar surface area (TPSA) is 71.1 Å². The van der Waals surface area contributed by atoms with Crippen LogP contribution in [0.1, 0.15) is 92.9 Å². The normalized spacial score (nSPS) is 56.2. The highest BCUT2D eigenvalue weighted by Gasteiger charge is 2.76. The Morgan fingerprint density at radius 1 is 0.919 bits per heavy atom. The van der Waals surface area contributed by atoms with Gasteiger partial charge in [0.2, 0.25) is 10.3 Å². The maximum Gasteiger partial charge on any atom is 0.304 e. The number of hydrogen-bond donors (Lipinski definition) is 0. The highest BCUT2D eigenvalue weighted by atomic mass is 79.9. The highest BCUT2D eigenvalue weighted by Crippen LogP contribution is 2.73. The zero-order valence-electron chi connectivity index (χ0n) is 23.4. The third kappa shape index (κ3) is 3.54. The lowest BCUT2D eigenvalue weighted by Gasteiger charge is -2.61. The van der Waals surface area contributed by atoms with Crippen LogP contribution in [0.5, 0.6) is 0 Å². The molecule has 2 saturated heterocycles. The van der Waals surface area contributed by atoms with Crippen molar-refractivity contribution in [3.05, 3.63) is 0 Å². The summed E-state index contributed by atoms with van der Waals surface area (Å²) in [5, 5.41) is 0. The van der Waals surface area contributed by atoms with Crippen LogP contribution in [-0.4, -0.2) is 41.1 Å². The monoisotopic (exact) mass is 580 g/mol. The Morgan fingerprint density at radius 2 is 1.65 bits per heavy atom. The molecule has 0 N–H and O–H groups in total. The fourth-order valence-corrected chi connectivity index (χ4v) is 11.8. The first-order valence-electron chi connectivity index (χ1n) is 14.7. The molecule has 0 aromatic heterocycles. The van der Waals surface area contributed by atoms with Crippen molar-refractivity contribution in [2.75, 3.05) is 6.61 Å².